The van der Waals surface area contributed by atoms with E-state index in [1.807, 2.05) is 6.92 Å². The molecule has 7 heteroatoms. The number of fused-ring (bicyclic) bond motifs is 1. The van der Waals surface area contributed by atoms with Gasteiger partial charge in [-0.25, -0.2) is 0 Å². The predicted octanol–water partition coefficient (Wildman–Crippen LogP) is 3.87. The Hall–Kier alpha value is -2.86. The van der Waals surface area contributed by atoms with Gasteiger partial charge in [-0.05, 0) is 37.3 Å². The number of carbonyl (C=O) groups excluding carboxylic acids is 1. The molecule has 0 bridgehead atoms. The average molecular weight is 376 g/mol. The Kier molecular flexibility index (Phi) is 5.23. The fourth-order valence-electron chi connectivity index (χ4n) is 2.52. The Morgan fingerprint density at radius 3 is 2.65 bits per heavy atom. The van der Waals surface area contributed by atoms with Gasteiger partial charge in [0.1, 0.15) is 11.5 Å². The van der Waals surface area contributed by atoms with Crippen molar-refractivity contribution in [3.63, 3.8) is 0 Å². The molecular weight excluding hydrogens is 358 g/mol. The molecule has 0 aromatic heterocycles. The molecular formula is C19H18ClNO5. The van der Waals surface area contributed by atoms with Gasteiger partial charge in [0.25, 0.3) is 0 Å². The topological polar surface area (TPSA) is 80.0 Å². The van der Waals surface area contributed by atoms with Crippen molar-refractivity contribution in [1.82, 2.24) is 0 Å². The fourth-order valence-corrected chi connectivity index (χ4v) is 2.75. The number of ketones is 1. The monoisotopic (exact) mass is 375 g/mol. The molecule has 0 spiro atoms. The summed E-state index contributed by atoms with van der Waals surface area (Å²) in [6, 6.07) is 8.20. The second-order valence-corrected chi connectivity index (χ2v) is 5.86. The first-order valence-corrected chi connectivity index (χ1v) is 8.33. The molecule has 1 heterocycles. The van der Waals surface area contributed by atoms with Crippen molar-refractivity contribution < 1.29 is 23.7 Å². The van der Waals surface area contributed by atoms with E-state index in [0.29, 0.717) is 46.4 Å². The third-order valence-electron chi connectivity index (χ3n) is 3.80. The van der Waals surface area contributed by atoms with Gasteiger partial charge in [-0.3, -0.25) is 4.79 Å². The molecule has 2 aromatic carbocycles. The summed E-state index contributed by atoms with van der Waals surface area (Å²) in [5, 5.41) is 0.0226. The van der Waals surface area contributed by atoms with Gasteiger partial charge in [-0.2, -0.15) is 0 Å². The van der Waals surface area contributed by atoms with E-state index in [0.717, 1.165) is 0 Å². The molecule has 0 aliphatic carbocycles. The third-order valence-corrected chi connectivity index (χ3v) is 4.08. The van der Waals surface area contributed by atoms with E-state index in [4.69, 9.17) is 36.3 Å². The minimum atomic E-state index is -0.354. The molecule has 0 unspecified atom stereocenters. The molecule has 136 valence electrons. The van der Waals surface area contributed by atoms with E-state index in [1.165, 1.54) is 13.2 Å². The molecule has 6 nitrogen and oxygen atoms in total. The molecule has 1 aliphatic rings. The number of methoxy groups -OCH3 is 1. The minimum absolute atomic E-state index is 0.0226. The molecule has 0 saturated heterocycles. The van der Waals surface area contributed by atoms with Crippen LogP contribution in [0.2, 0.25) is 0 Å². The molecule has 2 N–H and O–H groups in total. The van der Waals surface area contributed by atoms with Gasteiger partial charge in [0.15, 0.2) is 11.5 Å². The Bertz CT molecular complexity index is 878. The van der Waals surface area contributed by atoms with Crippen molar-refractivity contribution in [2.24, 2.45) is 0 Å². The van der Waals surface area contributed by atoms with Gasteiger partial charge in [-0.15, -0.1) is 0 Å². The number of halogens is 1. The first-order valence-electron chi connectivity index (χ1n) is 7.95. The SMILES string of the molecule is CCOc1cc(C(=O)C(Cl)=Cc2cc3c(cc2OC)OCO3)ccc1N. The summed E-state index contributed by atoms with van der Waals surface area (Å²) < 4.78 is 21.4. The van der Waals surface area contributed by atoms with E-state index >= 15 is 0 Å². The summed E-state index contributed by atoms with van der Waals surface area (Å²) >= 11 is 6.26. The van der Waals surface area contributed by atoms with Crippen LogP contribution in [0.25, 0.3) is 6.08 Å². The van der Waals surface area contributed by atoms with Crippen molar-refractivity contribution >= 4 is 29.1 Å². The summed E-state index contributed by atoms with van der Waals surface area (Å²) in [4.78, 5) is 12.7. The number of carbonyl (C=O) groups is 1. The van der Waals surface area contributed by atoms with Crippen molar-refractivity contribution in [3.8, 4) is 23.0 Å². The molecule has 0 atom stereocenters. The Balaban J connectivity index is 1.93. The Morgan fingerprint density at radius 1 is 1.23 bits per heavy atom. The Morgan fingerprint density at radius 2 is 1.96 bits per heavy atom. The van der Waals surface area contributed by atoms with Crippen LogP contribution in [0.1, 0.15) is 22.8 Å². The van der Waals surface area contributed by atoms with Gasteiger partial charge in [0.05, 0.1) is 24.4 Å². The lowest BCUT2D eigenvalue weighted by Gasteiger charge is -2.09. The lowest BCUT2D eigenvalue weighted by atomic mass is 10.1. The maximum absolute atomic E-state index is 12.7. The number of rotatable bonds is 6. The highest BCUT2D eigenvalue weighted by molar-refractivity contribution is 6.47. The van der Waals surface area contributed by atoms with Crippen LogP contribution in [-0.2, 0) is 0 Å². The molecule has 0 fully saturated rings. The number of allylic oxidation sites excluding steroid dienone is 1. The highest BCUT2D eigenvalue weighted by Gasteiger charge is 2.19. The summed E-state index contributed by atoms with van der Waals surface area (Å²) in [6.45, 7) is 2.43. The van der Waals surface area contributed by atoms with Crippen LogP contribution in [0.5, 0.6) is 23.0 Å². The number of hydrogen-bond donors (Lipinski definition) is 1. The highest BCUT2D eigenvalue weighted by atomic mass is 35.5. The smallest absolute Gasteiger partial charge is 0.231 e. The number of hydrogen-bond acceptors (Lipinski definition) is 6. The highest BCUT2D eigenvalue weighted by Crippen LogP contribution is 2.39. The zero-order valence-corrected chi connectivity index (χ0v) is 15.1. The molecule has 0 saturated carbocycles. The maximum Gasteiger partial charge on any atom is 0.231 e. The quantitative estimate of drug-likeness (QED) is 0.469. The summed E-state index contributed by atoms with van der Waals surface area (Å²) in [5.41, 5.74) is 7.28. The number of ether oxygens (including phenoxy) is 4. The van der Waals surface area contributed by atoms with Crippen LogP contribution in [0.4, 0.5) is 5.69 Å². The number of nitrogen functional groups attached to an aromatic ring is 1. The van der Waals surface area contributed by atoms with Gasteiger partial charge < -0.3 is 24.7 Å². The van der Waals surface area contributed by atoms with E-state index in [9.17, 15) is 4.79 Å². The summed E-state index contributed by atoms with van der Waals surface area (Å²) in [5.74, 6) is 1.77. The molecule has 1 aliphatic heterocycles. The van der Waals surface area contributed by atoms with Crippen molar-refractivity contribution in [3.05, 3.63) is 46.5 Å². The van der Waals surface area contributed by atoms with Crippen LogP contribution in [0.3, 0.4) is 0 Å². The van der Waals surface area contributed by atoms with Crippen LogP contribution >= 0.6 is 11.6 Å². The lowest BCUT2D eigenvalue weighted by Crippen LogP contribution is -2.03. The van der Waals surface area contributed by atoms with E-state index in [1.54, 1.807) is 30.3 Å². The largest absolute Gasteiger partial charge is 0.496 e. The third kappa shape index (κ3) is 3.55. The van der Waals surface area contributed by atoms with Gasteiger partial charge in [0.2, 0.25) is 12.6 Å². The molecule has 3 rings (SSSR count). The zero-order chi connectivity index (χ0) is 18.7. The second-order valence-electron chi connectivity index (χ2n) is 5.45. The zero-order valence-electron chi connectivity index (χ0n) is 14.4. The van der Waals surface area contributed by atoms with Gasteiger partial charge in [-0.1, -0.05) is 11.6 Å². The maximum atomic E-state index is 12.7. The van der Waals surface area contributed by atoms with Gasteiger partial charge >= 0.3 is 0 Å². The lowest BCUT2D eigenvalue weighted by molar-refractivity contribution is 0.104. The van der Waals surface area contributed by atoms with Crippen LogP contribution in [0, 0.1) is 0 Å². The molecule has 0 radical (unpaired) electrons. The average Bonchev–Trinajstić information content (AvgIpc) is 3.09. The number of nitrogens with two attached hydrogens (primary N) is 1. The number of benzene rings is 2. The van der Waals surface area contributed by atoms with Crippen LogP contribution in [0.15, 0.2) is 35.4 Å². The predicted molar refractivity (Wildman–Crippen MR) is 99.3 cm³/mol. The summed E-state index contributed by atoms with van der Waals surface area (Å²) in [7, 11) is 1.53. The minimum Gasteiger partial charge on any atom is -0.496 e. The van der Waals surface area contributed by atoms with E-state index in [-0.39, 0.29) is 17.6 Å². The standard InChI is InChI=1S/C19H18ClNO5/c1-3-24-16-7-11(4-5-14(16)21)19(22)13(20)6-12-8-17-18(26-10-25-17)9-15(12)23-2/h4-9H,3,10,21H2,1-2H3. The Labute approximate surface area is 156 Å². The normalized spacial score (nSPS) is 12.8. The first kappa shape index (κ1) is 17.9. The number of anilines is 1. The van der Waals surface area contributed by atoms with Gasteiger partial charge in [0, 0.05) is 17.2 Å². The van der Waals surface area contributed by atoms with Crippen molar-refractivity contribution in [1.29, 1.82) is 0 Å². The van der Waals surface area contributed by atoms with Crippen LogP contribution in [-0.4, -0.2) is 26.3 Å². The first-order chi connectivity index (χ1) is 12.5. The van der Waals surface area contributed by atoms with Crippen LogP contribution < -0.4 is 24.7 Å². The molecule has 2 aromatic rings. The molecule has 26 heavy (non-hydrogen) atoms. The molecule has 0 amide bonds. The fraction of sp³-hybridized carbons (Fsp3) is 0.211. The van der Waals surface area contributed by atoms with Crippen molar-refractivity contribution in [2.75, 3.05) is 26.2 Å². The van der Waals surface area contributed by atoms with E-state index < -0.39 is 0 Å². The second kappa shape index (κ2) is 7.58. The number of Topliss-reactive ketones (excluding diaryl/α,β-unsaturated/α-hetero) is 1. The van der Waals surface area contributed by atoms with Crippen molar-refractivity contribution in [2.45, 2.75) is 6.92 Å². The van der Waals surface area contributed by atoms with E-state index in [2.05, 4.69) is 0 Å². The summed E-state index contributed by atoms with van der Waals surface area (Å²) in [6.07, 6.45) is 1.53.